The second-order valence-electron chi connectivity index (χ2n) is 7.45. The van der Waals surface area contributed by atoms with E-state index in [0.29, 0.717) is 18.8 Å². The average molecular weight is 372 g/mol. The number of Topliss-reactive ketones (excluding diaryl/α,β-unsaturated/α-hetero) is 1. The largest absolute Gasteiger partial charge is 0.508 e. The Morgan fingerprint density at radius 2 is 2.00 bits per heavy atom. The Bertz CT molecular complexity index is 1110. The predicted octanol–water partition coefficient (Wildman–Crippen LogP) is 3.71. The van der Waals surface area contributed by atoms with E-state index in [1.807, 2.05) is 37.3 Å². The summed E-state index contributed by atoms with van der Waals surface area (Å²) in [4.78, 5) is 17.6. The molecule has 2 atom stereocenters. The van der Waals surface area contributed by atoms with Crippen molar-refractivity contribution in [3.05, 3.63) is 82.8 Å². The second kappa shape index (κ2) is 6.34. The number of phenolic OH excluding ortho intramolecular Hbond substituents is 1. The van der Waals surface area contributed by atoms with Crippen LogP contribution in [-0.4, -0.2) is 25.7 Å². The molecule has 0 bridgehead atoms. The number of anilines is 1. The first-order valence-electron chi connectivity index (χ1n) is 9.39. The fraction of sp³-hybridized carbons (Fsp3) is 0.227. The Labute approximate surface area is 162 Å². The quantitative estimate of drug-likeness (QED) is 0.717. The van der Waals surface area contributed by atoms with Gasteiger partial charge in [0, 0.05) is 23.6 Å². The number of benzene rings is 2. The van der Waals surface area contributed by atoms with Gasteiger partial charge >= 0.3 is 0 Å². The van der Waals surface area contributed by atoms with Crippen LogP contribution < -0.4 is 5.32 Å². The first kappa shape index (κ1) is 16.7. The van der Waals surface area contributed by atoms with E-state index in [2.05, 4.69) is 21.5 Å². The van der Waals surface area contributed by atoms with Crippen LogP contribution in [0, 0.1) is 6.92 Å². The lowest BCUT2D eigenvalue weighted by Crippen LogP contribution is -2.33. The topological polar surface area (TPSA) is 80.0 Å². The van der Waals surface area contributed by atoms with Crippen LogP contribution in [-0.2, 0) is 4.79 Å². The third-order valence-corrected chi connectivity index (χ3v) is 5.60. The number of aryl methyl sites for hydroxylation is 1. The standard InChI is InChI=1S/C22H20N4O2/c1-13-5-4-6-14(9-13)21-20-17(25-22-23-12-24-26(21)22)10-15(11-19(20)28)16-7-2-3-8-18(16)27/h2-9,12,15,21,27H,10-11H2,1H3,(H,23,24,25). The highest BCUT2D eigenvalue weighted by Gasteiger charge is 2.39. The van der Waals surface area contributed by atoms with E-state index in [9.17, 15) is 9.90 Å². The maximum Gasteiger partial charge on any atom is 0.226 e. The molecule has 2 unspecified atom stereocenters. The van der Waals surface area contributed by atoms with Gasteiger partial charge in [-0.25, -0.2) is 4.68 Å². The molecule has 3 aromatic rings. The number of allylic oxidation sites excluding steroid dienone is 2. The molecule has 0 saturated heterocycles. The highest BCUT2D eigenvalue weighted by molar-refractivity contribution is 6.00. The number of carbonyl (C=O) groups is 1. The van der Waals surface area contributed by atoms with Gasteiger partial charge in [-0.2, -0.15) is 10.1 Å². The number of nitrogens with zero attached hydrogens (tertiary/aromatic N) is 3. The Morgan fingerprint density at radius 3 is 2.82 bits per heavy atom. The third-order valence-electron chi connectivity index (χ3n) is 5.60. The van der Waals surface area contributed by atoms with E-state index in [0.717, 1.165) is 28.0 Å². The van der Waals surface area contributed by atoms with E-state index in [4.69, 9.17) is 0 Å². The zero-order valence-corrected chi connectivity index (χ0v) is 15.5. The summed E-state index contributed by atoms with van der Waals surface area (Å²) in [7, 11) is 0. The summed E-state index contributed by atoms with van der Waals surface area (Å²) in [5.74, 6) is 0.886. The summed E-state index contributed by atoms with van der Waals surface area (Å²) in [6.07, 6.45) is 2.52. The lowest BCUT2D eigenvalue weighted by molar-refractivity contribution is -0.116. The van der Waals surface area contributed by atoms with Gasteiger partial charge in [0.25, 0.3) is 0 Å². The van der Waals surface area contributed by atoms with Gasteiger partial charge in [-0.3, -0.25) is 4.79 Å². The van der Waals surface area contributed by atoms with E-state index < -0.39 is 0 Å². The molecule has 0 spiro atoms. The van der Waals surface area contributed by atoms with Crippen molar-refractivity contribution >= 4 is 11.7 Å². The maximum atomic E-state index is 13.3. The lowest BCUT2D eigenvalue weighted by Gasteiger charge is -2.35. The minimum absolute atomic E-state index is 0.0624. The third kappa shape index (κ3) is 2.60. The Morgan fingerprint density at radius 1 is 1.14 bits per heavy atom. The molecule has 2 N–H and O–H groups in total. The molecular formula is C22H20N4O2. The second-order valence-corrected chi connectivity index (χ2v) is 7.45. The van der Waals surface area contributed by atoms with Crippen molar-refractivity contribution in [1.82, 2.24) is 14.8 Å². The summed E-state index contributed by atoms with van der Waals surface area (Å²) in [5, 5.41) is 17.9. The average Bonchev–Trinajstić information content (AvgIpc) is 3.14. The number of fused-ring (bicyclic) bond motifs is 1. The number of aromatic hydroxyl groups is 1. The number of ketones is 1. The van der Waals surface area contributed by atoms with Crippen molar-refractivity contribution in [2.75, 3.05) is 5.32 Å². The van der Waals surface area contributed by atoms with Gasteiger partial charge in [-0.15, -0.1) is 0 Å². The number of phenols is 1. The Balaban J connectivity index is 1.62. The normalized spacial score (nSPS) is 21.1. The van der Waals surface area contributed by atoms with Crippen LogP contribution in [0.1, 0.15) is 41.5 Å². The molecule has 2 aromatic carbocycles. The van der Waals surface area contributed by atoms with Crippen LogP contribution in [0.15, 0.2) is 66.1 Å². The molecule has 1 aromatic heterocycles. The SMILES string of the molecule is Cc1cccc(C2C3=C(CC(c4ccccc4O)CC3=O)Nc3ncnn32)c1. The number of hydrogen-bond acceptors (Lipinski definition) is 5. The van der Waals surface area contributed by atoms with Gasteiger partial charge in [-0.05, 0) is 30.5 Å². The number of para-hydroxylation sites is 1. The van der Waals surface area contributed by atoms with Crippen molar-refractivity contribution in [2.45, 2.75) is 31.7 Å². The zero-order chi connectivity index (χ0) is 19.3. The summed E-state index contributed by atoms with van der Waals surface area (Å²) in [5.41, 5.74) is 4.58. The molecular weight excluding hydrogens is 352 g/mol. The van der Waals surface area contributed by atoms with Crippen molar-refractivity contribution < 1.29 is 9.90 Å². The molecule has 0 saturated carbocycles. The zero-order valence-electron chi connectivity index (χ0n) is 15.5. The van der Waals surface area contributed by atoms with Crippen LogP contribution in [0.5, 0.6) is 5.75 Å². The molecule has 0 amide bonds. The van der Waals surface area contributed by atoms with Crippen LogP contribution in [0.2, 0.25) is 0 Å². The smallest absolute Gasteiger partial charge is 0.226 e. The van der Waals surface area contributed by atoms with Gasteiger partial charge in [0.05, 0.1) is 0 Å². The first-order chi connectivity index (χ1) is 13.6. The molecule has 5 rings (SSSR count). The van der Waals surface area contributed by atoms with Gasteiger partial charge in [0.1, 0.15) is 18.1 Å². The summed E-state index contributed by atoms with van der Waals surface area (Å²) in [6.45, 7) is 2.04. The minimum atomic E-state index is -0.286. The number of nitrogens with one attached hydrogen (secondary N) is 1. The maximum absolute atomic E-state index is 13.3. The highest BCUT2D eigenvalue weighted by Crippen LogP contribution is 2.45. The van der Waals surface area contributed by atoms with Gasteiger partial charge in [0.15, 0.2) is 5.78 Å². The van der Waals surface area contributed by atoms with Crippen LogP contribution in [0.25, 0.3) is 0 Å². The van der Waals surface area contributed by atoms with E-state index in [1.165, 1.54) is 6.33 Å². The van der Waals surface area contributed by atoms with Gasteiger partial charge in [-0.1, -0.05) is 48.0 Å². The molecule has 0 radical (unpaired) electrons. The van der Waals surface area contributed by atoms with Crippen molar-refractivity contribution in [3.63, 3.8) is 0 Å². The van der Waals surface area contributed by atoms with Crippen LogP contribution >= 0.6 is 0 Å². The Hall–Kier alpha value is -3.41. The summed E-state index contributed by atoms with van der Waals surface area (Å²) >= 11 is 0. The molecule has 2 heterocycles. The fourth-order valence-corrected chi connectivity index (χ4v) is 4.35. The predicted molar refractivity (Wildman–Crippen MR) is 105 cm³/mol. The number of aromatic nitrogens is 3. The lowest BCUT2D eigenvalue weighted by atomic mass is 9.77. The van der Waals surface area contributed by atoms with Crippen molar-refractivity contribution in [1.29, 1.82) is 0 Å². The Kier molecular flexibility index (Phi) is 3.79. The van der Waals surface area contributed by atoms with Gasteiger partial charge < -0.3 is 10.4 Å². The molecule has 28 heavy (non-hydrogen) atoms. The summed E-state index contributed by atoms with van der Waals surface area (Å²) in [6, 6.07) is 15.1. The summed E-state index contributed by atoms with van der Waals surface area (Å²) < 4.78 is 1.78. The van der Waals surface area contributed by atoms with Crippen molar-refractivity contribution in [3.8, 4) is 5.75 Å². The molecule has 2 aliphatic rings. The monoisotopic (exact) mass is 372 g/mol. The number of rotatable bonds is 2. The van der Waals surface area contributed by atoms with E-state index >= 15 is 0 Å². The number of hydrogen-bond donors (Lipinski definition) is 2. The van der Waals surface area contributed by atoms with Crippen LogP contribution in [0.4, 0.5) is 5.95 Å². The van der Waals surface area contributed by atoms with E-state index in [1.54, 1.807) is 16.8 Å². The first-order valence-corrected chi connectivity index (χ1v) is 9.39. The minimum Gasteiger partial charge on any atom is -0.508 e. The van der Waals surface area contributed by atoms with Gasteiger partial charge in [0.2, 0.25) is 5.95 Å². The number of carbonyl (C=O) groups excluding carboxylic acids is 1. The highest BCUT2D eigenvalue weighted by atomic mass is 16.3. The van der Waals surface area contributed by atoms with Crippen molar-refractivity contribution in [2.24, 2.45) is 0 Å². The molecule has 1 aliphatic carbocycles. The molecule has 6 heteroatoms. The van der Waals surface area contributed by atoms with E-state index in [-0.39, 0.29) is 23.5 Å². The molecule has 0 fully saturated rings. The molecule has 1 aliphatic heterocycles. The molecule has 6 nitrogen and oxygen atoms in total. The molecule has 140 valence electrons. The van der Waals surface area contributed by atoms with Crippen LogP contribution in [0.3, 0.4) is 0 Å². The fourth-order valence-electron chi connectivity index (χ4n) is 4.35.